The Bertz CT molecular complexity index is 683. The third-order valence-corrected chi connectivity index (χ3v) is 3.93. The summed E-state index contributed by atoms with van der Waals surface area (Å²) in [6.07, 6.45) is 0.954. The van der Waals surface area contributed by atoms with Crippen molar-refractivity contribution in [1.82, 2.24) is 5.32 Å². The smallest absolute Gasteiger partial charge is 0.251 e. The van der Waals surface area contributed by atoms with Crippen molar-refractivity contribution in [3.05, 3.63) is 59.7 Å². The maximum Gasteiger partial charge on any atom is 0.251 e. The first-order chi connectivity index (χ1) is 11.4. The quantitative estimate of drug-likeness (QED) is 0.729. The van der Waals surface area contributed by atoms with E-state index in [1.165, 1.54) is 20.1 Å². The maximum absolute atomic E-state index is 12.2. The number of phenols is 1. The number of aromatic hydroxyl groups is 1. The number of aryl methyl sites for hydroxylation is 1. The summed E-state index contributed by atoms with van der Waals surface area (Å²) < 4.78 is 5.04. The van der Waals surface area contributed by atoms with Crippen LogP contribution in [0.3, 0.4) is 0 Å². The van der Waals surface area contributed by atoms with E-state index in [4.69, 9.17) is 4.74 Å². The summed E-state index contributed by atoms with van der Waals surface area (Å²) in [6, 6.07) is 14.6. The number of carbonyl (C=O) groups is 1. The van der Waals surface area contributed by atoms with Crippen LogP contribution in [0.25, 0.3) is 0 Å². The van der Waals surface area contributed by atoms with Crippen LogP contribution in [-0.2, 0) is 17.8 Å². The Morgan fingerprint density at radius 2 is 1.88 bits per heavy atom. The molecule has 0 bridgehead atoms. The molecule has 1 unspecified atom stereocenters. The van der Waals surface area contributed by atoms with E-state index in [0.717, 1.165) is 11.1 Å². The molecule has 2 aromatic carbocycles. The fourth-order valence-electron chi connectivity index (χ4n) is 2.35. The topological polar surface area (TPSA) is 78.8 Å². The van der Waals surface area contributed by atoms with E-state index in [1.54, 1.807) is 12.1 Å². The molecular weight excluding hydrogens is 306 g/mol. The molecule has 0 aliphatic carbocycles. The zero-order valence-electron chi connectivity index (χ0n) is 14.0. The van der Waals surface area contributed by atoms with Gasteiger partial charge in [0, 0.05) is 6.54 Å². The Hall–Kier alpha value is -2.53. The van der Waals surface area contributed by atoms with Crippen molar-refractivity contribution in [3.63, 3.8) is 0 Å². The van der Waals surface area contributed by atoms with Gasteiger partial charge in [0.1, 0.15) is 5.60 Å². The largest absolute Gasteiger partial charge is 0.504 e. The predicted molar refractivity (Wildman–Crippen MR) is 91.9 cm³/mol. The molecular formula is C19H23NO4. The van der Waals surface area contributed by atoms with Gasteiger partial charge in [-0.1, -0.05) is 36.4 Å². The summed E-state index contributed by atoms with van der Waals surface area (Å²) >= 11 is 0. The van der Waals surface area contributed by atoms with Crippen molar-refractivity contribution < 1.29 is 19.7 Å². The van der Waals surface area contributed by atoms with Crippen molar-refractivity contribution in [2.24, 2.45) is 0 Å². The van der Waals surface area contributed by atoms with Gasteiger partial charge in [-0.15, -0.1) is 0 Å². The highest BCUT2D eigenvalue weighted by Gasteiger charge is 2.29. The van der Waals surface area contributed by atoms with E-state index in [2.05, 4.69) is 5.32 Å². The second kappa shape index (κ2) is 7.84. The van der Waals surface area contributed by atoms with Crippen molar-refractivity contribution in [2.75, 3.05) is 7.11 Å². The van der Waals surface area contributed by atoms with Crippen molar-refractivity contribution in [2.45, 2.75) is 31.9 Å². The molecule has 0 aliphatic heterocycles. The summed E-state index contributed by atoms with van der Waals surface area (Å²) in [5.41, 5.74) is 0.405. The van der Waals surface area contributed by atoms with Crippen LogP contribution in [0.5, 0.6) is 11.5 Å². The second-order valence-corrected chi connectivity index (χ2v) is 5.95. The summed E-state index contributed by atoms with van der Waals surface area (Å²) in [5, 5.41) is 22.7. The first-order valence-electron chi connectivity index (χ1n) is 7.83. The molecule has 0 fully saturated rings. The summed E-state index contributed by atoms with van der Waals surface area (Å²) in [5.74, 6) is -0.0366. The molecule has 24 heavy (non-hydrogen) atoms. The molecule has 0 saturated heterocycles. The molecule has 5 heteroatoms. The molecule has 3 N–H and O–H groups in total. The molecule has 0 aromatic heterocycles. The van der Waals surface area contributed by atoms with Crippen molar-refractivity contribution in [1.29, 1.82) is 0 Å². The van der Waals surface area contributed by atoms with Crippen molar-refractivity contribution in [3.8, 4) is 11.5 Å². The van der Waals surface area contributed by atoms with Crippen LogP contribution in [-0.4, -0.2) is 28.8 Å². The van der Waals surface area contributed by atoms with Gasteiger partial charge in [-0.3, -0.25) is 4.79 Å². The number of ether oxygens (including phenoxy) is 1. The van der Waals surface area contributed by atoms with E-state index in [-0.39, 0.29) is 12.3 Å². The molecule has 2 rings (SSSR count). The minimum atomic E-state index is -1.45. The minimum Gasteiger partial charge on any atom is -0.504 e. The number of amides is 1. The van der Waals surface area contributed by atoms with Crippen molar-refractivity contribution >= 4 is 5.91 Å². The molecule has 0 heterocycles. The lowest BCUT2D eigenvalue weighted by Gasteiger charge is -2.22. The number of rotatable bonds is 7. The third-order valence-electron chi connectivity index (χ3n) is 3.93. The molecule has 1 amide bonds. The molecule has 128 valence electrons. The SMILES string of the molecule is COc1cc(CNC(=O)C(C)(O)CCc2ccccc2)ccc1O. The van der Waals surface area contributed by atoms with E-state index in [1.807, 2.05) is 30.3 Å². The van der Waals surface area contributed by atoms with E-state index < -0.39 is 11.5 Å². The first-order valence-corrected chi connectivity index (χ1v) is 7.83. The van der Waals surface area contributed by atoms with Crippen LogP contribution in [0.1, 0.15) is 24.5 Å². The van der Waals surface area contributed by atoms with Crippen LogP contribution in [0.15, 0.2) is 48.5 Å². The molecule has 1 atom stereocenters. The number of hydrogen-bond donors (Lipinski definition) is 3. The van der Waals surface area contributed by atoms with E-state index in [9.17, 15) is 15.0 Å². The standard InChI is InChI=1S/C19H23NO4/c1-19(23,11-10-14-6-4-3-5-7-14)18(22)20-13-15-8-9-16(21)17(12-15)24-2/h3-9,12,21,23H,10-11,13H2,1-2H3,(H,20,22). The summed E-state index contributed by atoms with van der Waals surface area (Å²) in [6.45, 7) is 1.76. The van der Waals surface area contributed by atoms with E-state index in [0.29, 0.717) is 18.6 Å². The van der Waals surface area contributed by atoms with Gasteiger partial charge in [-0.2, -0.15) is 0 Å². The fourth-order valence-corrected chi connectivity index (χ4v) is 2.35. The number of methoxy groups -OCH3 is 1. The number of aliphatic hydroxyl groups is 1. The Morgan fingerprint density at radius 3 is 2.54 bits per heavy atom. The summed E-state index contributed by atoms with van der Waals surface area (Å²) in [7, 11) is 1.46. The zero-order valence-corrected chi connectivity index (χ0v) is 14.0. The number of phenolic OH excluding ortho intramolecular Hbond substituents is 1. The molecule has 0 radical (unpaired) electrons. The highest BCUT2D eigenvalue weighted by molar-refractivity contribution is 5.84. The number of carbonyl (C=O) groups excluding carboxylic acids is 1. The Labute approximate surface area is 141 Å². The lowest BCUT2D eigenvalue weighted by Crippen LogP contribution is -2.44. The Kier molecular flexibility index (Phi) is 5.82. The third kappa shape index (κ3) is 4.73. The average Bonchev–Trinajstić information content (AvgIpc) is 2.60. The number of nitrogens with one attached hydrogen (secondary N) is 1. The van der Waals surface area contributed by atoms with Gasteiger partial charge >= 0.3 is 0 Å². The van der Waals surface area contributed by atoms with Crippen LogP contribution in [0.2, 0.25) is 0 Å². The van der Waals surface area contributed by atoms with Crippen LogP contribution in [0, 0.1) is 0 Å². The zero-order chi connectivity index (χ0) is 17.6. The Balaban J connectivity index is 1.90. The van der Waals surface area contributed by atoms with Gasteiger partial charge in [0.2, 0.25) is 0 Å². The Morgan fingerprint density at radius 1 is 1.17 bits per heavy atom. The van der Waals surface area contributed by atoms with Crippen LogP contribution < -0.4 is 10.1 Å². The maximum atomic E-state index is 12.2. The van der Waals surface area contributed by atoms with Gasteiger partial charge in [-0.25, -0.2) is 0 Å². The lowest BCUT2D eigenvalue weighted by molar-refractivity contribution is -0.138. The minimum absolute atomic E-state index is 0.0439. The molecule has 2 aromatic rings. The second-order valence-electron chi connectivity index (χ2n) is 5.95. The molecule has 0 spiro atoms. The predicted octanol–water partition coefficient (Wildman–Crippen LogP) is 2.40. The van der Waals surface area contributed by atoms with Gasteiger partial charge in [-0.05, 0) is 43.0 Å². The van der Waals surface area contributed by atoms with Gasteiger partial charge in [0.15, 0.2) is 11.5 Å². The van der Waals surface area contributed by atoms with E-state index >= 15 is 0 Å². The van der Waals surface area contributed by atoms with Gasteiger partial charge < -0.3 is 20.3 Å². The van der Waals surface area contributed by atoms with Gasteiger partial charge in [0.05, 0.1) is 7.11 Å². The molecule has 0 aliphatic rings. The monoisotopic (exact) mass is 329 g/mol. The number of benzene rings is 2. The highest BCUT2D eigenvalue weighted by Crippen LogP contribution is 2.26. The highest BCUT2D eigenvalue weighted by atomic mass is 16.5. The normalized spacial score (nSPS) is 13.1. The van der Waals surface area contributed by atoms with Crippen LogP contribution >= 0.6 is 0 Å². The fraction of sp³-hybridized carbons (Fsp3) is 0.316. The first kappa shape index (κ1) is 17.8. The van der Waals surface area contributed by atoms with Crippen LogP contribution in [0.4, 0.5) is 0 Å². The number of hydrogen-bond acceptors (Lipinski definition) is 4. The molecule has 0 saturated carbocycles. The lowest BCUT2D eigenvalue weighted by atomic mass is 9.96. The van der Waals surface area contributed by atoms with Gasteiger partial charge in [0.25, 0.3) is 5.91 Å². The summed E-state index contributed by atoms with van der Waals surface area (Å²) in [4.78, 5) is 12.2. The molecule has 5 nitrogen and oxygen atoms in total. The average molecular weight is 329 g/mol.